The SMILES string of the molecule is CN(C)C(=O)C1CCN(C(=O)CCCl)CC1. The minimum Gasteiger partial charge on any atom is -0.349 e. The van der Waals surface area contributed by atoms with Crippen LogP contribution in [0, 0.1) is 5.92 Å². The van der Waals surface area contributed by atoms with Crippen molar-refractivity contribution in [2.24, 2.45) is 5.92 Å². The lowest BCUT2D eigenvalue weighted by atomic mass is 9.95. The number of hydrogen-bond acceptors (Lipinski definition) is 2. The summed E-state index contributed by atoms with van der Waals surface area (Å²) in [6.45, 7) is 1.36. The normalized spacial score (nSPS) is 17.3. The van der Waals surface area contributed by atoms with Gasteiger partial charge in [-0.3, -0.25) is 9.59 Å². The zero-order chi connectivity index (χ0) is 12.1. The number of hydrogen-bond donors (Lipinski definition) is 0. The summed E-state index contributed by atoms with van der Waals surface area (Å²) in [4.78, 5) is 26.7. The molecular weight excluding hydrogens is 228 g/mol. The van der Waals surface area contributed by atoms with Crippen molar-refractivity contribution in [2.75, 3.05) is 33.1 Å². The fourth-order valence-electron chi connectivity index (χ4n) is 1.98. The van der Waals surface area contributed by atoms with Crippen LogP contribution in [0.3, 0.4) is 0 Å². The standard InChI is InChI=1S/C11H19ClN2O2/c1-13(2)11(16)9-4-7-14(8-5-9)10(15)3-6-12/h9H,3-8H2,1-2H3. The first-order valence-electron chi connectivity index (χ1n) is 5.61. The number of alkyl halides is 1. The summed E-state index contributed by atoms with van der Waals surface area (Å²) in [6, 6.07) is 0. The van der Waals surface area contributed by atoms with Crippen molar-refractivity contribution in [3.8, 4) is 0 Å². The molecule has 4 nitrogen and oxygen atoms in total. The van der Waals surface area contributed by atoms with E-state index in [1.807, 2.05) is 4.90 Å². The third-order valence-electron chi connectivity index (χ3n) is 2.95. The van der Waals surface area contributed by atoms with E-state index in [9.17, 15) is 9.59 Å². The number of rotatable bonds is 3. The average Bonchev–Trinajstić information content (AvgIpc) is 2.28. The number of carbonyl (C=O) groups excluding carboxylic acids is 2. The first-order valence-corrected chi connectivity index (χ1v) is 6.14. The maximum Gasteiger partial charge on any atom is 0.225 e. The second-order valence-electron chi connectivity index (χ2n) is 4.33. The van der Waals surface area contributed by atoms with Gasteiger partial charge in [-0.05, 0) is 12.8 Å². The van der Waals surface area contributed by atoms with Gasteiger partial charge in [0.2, 0.25) is 11.8 Å². The molecule has 0 bridgehead atoms. The van der Waals surface area contributed by atoms with Crippen molar-refractivity contribution in [1.29, 1.82) is 0 Å². The first kappa shape index (κ1) is 13.3. The van der Waals surface area contributed by atoms with Gasteiger partial charge in [0, 0.05) is 45.4 Å². The summed E-state index contributed by atoms with van der Waals surface area (Å²) in [6.07, 6.45) is 1.93. The van der Waals surface area contributed by atoms with Crippen LogP contribution >= 0.6 is 11.6 Å². The molecule has 1 rings (SSSR count). The second-order valence-corrected chi connectivity index (χ2v) is 4.70. The molecule has 1 heterocycles. The Morgan fingerprint density at radius 1 is 1.31 bits per heavy atom. The predicted molar refractivity (Wildman–Crippen MR) is 63.3 cm³/mol. The smallest absolute Gasteiger partial charge is 0.225 e. The molecule has 5 heteroatoms. The zero-order valence-corrected chi connectivity index (χ0v) is 10.7. The molecule has 16 heavy (non-hydrogen) atoms. The highest BCUT2D eigenvalue weighted by molar-refractivity contribution is 6.18. The van der Waals surface area contributed by atoms with Crippen LogP contribution in [-0.4, -0.2) is 54.7 Å². The molecule has 0 aromatic heterocycles. The summed E-state index contributed by atoms with van der Waals surface area (Å²) in [7, 11) is 3.54. The van der Waals surface area contributed by atoms with Crippen molar-refractivity contribution in [2.45, 2.75) is 19.3 Å². The van der Waals surface area contributed by atoms with Crippen LogP contribution in [0.15, 0.2) is 0 Å². The molecule has 92 valence electrons. The number of piperidine rings is 1. The van der Waals surface area contributed by atoms with Gasteiger partial charge in [-0.1, -0.05) is 0 Å². The van der Waals surface area contributed by atoms with Gasteiger partial charge in [0.15, 0.2) is 0 Å². The largest absolute Gasteiger partial charge is 0.349 e. The number of amides is 2. The minimum atomic E-state index is 0.0788. The maximum atomic E-state index is 11.7. The van der Waals surface area contributed by atoms with Gasteiger partial charge in [-0.2, -0.15) is 0 Å². The van der Waals surface area contributed by atoms with Gasteiger partial charge in [0.1, 0.15) is 0 Å². The molecule has 1 fully saturated rings. The average molecular weight is 247 g/mol. The summed E-state index contributed by atoms with van der Waals surface area (Å²) < 4.78 is 0. The lowest BCUT2D eigenvalue weighted by Gasteiger charge is -2.32. The van der Waals surface area contributed by atoms with Gasteiger partial charge in [-0.25, -0.2) is 0 Å². The Balaban J connectivity index is 2.39. The number of nitrogens with zero attached hydrogens (tertiary/aromatic N) is 2. The van der Waals surface area contributed by atoms with Gasteiger partial charge < -0.3 is 9.80 Å². The number of carbonyl (C=O) groups is 2. The van der Waals surface area contributed by atoms with E-state index in [2.05, 4.69) is 0 Å². The van der Waals surface area contributed by atoms with E-state index in [0.717, 1.165) is 12.8 Å². The van der Waals surface area contributed by atoms with Gasteiger partial charge >= 0.3 is 0 Å². The van der Waals surface area contributed by atoms with Gasteiger partial charge in [-0.15, -0.1) is 11.6 Å². The summed E-state index contributed by atoms with van der Waals surface area (Å²) >= 11 is 5.53. The summed E-state index contributed by atoms with van der Waals surface area (Å²) in [5.41, 5.74) is 0. The van der Waals surface area contributed by atoms with E-state index in [1.54, 1.807) is 19.0 Å². The van der Waals surface area contributed by atoms with Gasteiger partial charge in [0.05, 0.1) is 0 Å². The van der Waals surface area contributed by atoms with Crippen LogP contribution in [0.1, 0.15) is 19.3 Å². The van der Waals surface area contributed by atoms with Crippen molar-refractivity contribution >= 4 is 23.4 Å². The van der Waals surface area contributed by atoms with Crippen LogP contribution in [0.25, 0.3) is 0 Å². The monoisotopic (exact) mass is 246 g/mol. The van der Waals surface area contributed by atoms with Crippen LogP contribution in [-0.2, 0) is 9.59 Å². The highest BCUT2D eigenvalue weighted by atomic mass is 35.5. The van der Waals surface area contributed by atoms with Crippen LogP contribution in [0.2, 0.25) is 0 Å². The lowest BCUT2D eigenvalue weighted by Crippen LogP contribution is -2.42. The molecule has 1 aliphatic heterocycles. The highest BCUT2D eigenvalue weighted by Gasteiger charge is 2.27. The van der Waals surface area contributed by atoms with Gasteiger partial charge in [0.25, 0.3) is 0 Å². The van der Waals surface area contributed by atoms with Crippen molar-refractivity contribution in [1.82, 2.24) is 9.80 Å². The Hall–Kier alpha value is -0.770. The fraction of sp³-hybridized carbons (Fsp3) is 0.818. The Labute approximate surface area is 102 Å². The molecule has 0 N–H and O–H groups in total. The van der Waals surface area contributed by atoms with Crippen molar-refractivity contribution in [3.63, 3.8) is 0 Å². The van der Waals surface area contributed by atoms with Crippen molar-refractivity contribution < 1.29 is 9.59 Å². The van der Waals surface area contributed by atoms with Crippen LogP contribution < -0.4 is 0 Å². The minimum absolute atomic E-state index is 0.0788. The third-order valence-corrected chi connectivity index (χ3v) is 3.14. The van der Waals surface area contributed by atoms with E-state index in [1.165, 1.54) is 0 Å². The highest BCUT2D eigenvalue weighted by Crippen LogP contribution is 2.19. The Morgan fingerprint density at radius 3 is 2.31 bits per heavy atom. The predicted octanol–water partition coefficient (Wildman–Crippen LogP) is 0.942. The maximum absolute atomic E-state index is 11.7. The second kappa shape index (κ2) is 6.09. The molecular formula is C11H19ClN2O2. The lowest BCUT2D eigenvalue weighted by molar-refractivity contribution is -0.138. The van der Waals surface area contributed by atoms with Crippen LogP contribution in [0.5, 0.6) is 0 Å². The van der Waals surface area contributed by atoms with Crippen LogP contribution in [0.4, 0.5) is 0 Å². The van der Waals surface area contributed by atoms with E-state index in [4.69, 9.17) is 11.6 Å². The topological polar surface area (TPSA) is 40.6 Å². The molecule has 0 atom stereocenters. The Morgan fingerprint density at radius 2 is 1.88 bits per heavy atom. The zero-order valence-electron chi connectivity index (χ0n) is 9.91. The summed E-state index contributed by atoms with van der Waals surface area (Å²) in [5.74, 6) is 0.723. The molecule has 0 saturated carbocycles. The van der Waals surface area contributed by atoms with E-state index >= 15 is 0 Å². The van der Waals surface area contributed by atoms with Crippen molar-refractivity contribution in [3.05, 3.63) is 0 Å². The molecule has 0 unspecified atom stereocenters. The van der Waals surface area contributed by atoms with E-state index in [0.29, 0.717) is 25.4 Å². The molecule has 1 saturated heterocycles. The summed E-state index contributed by atoms with van der Waals surface area (Å²) in [5, 5.41) is 0. The molecule has 0 aliphatic carbocycles. The molecule has 0 aromatic carbocycles. The molecule has 2 amide bonds. The molecule has 0 aromatic rings. The molecule has 0 spiro atoms. The Bertz CT molecular complexity index is 261. The molecule has 1 aliphatic rings. The fourth-order valence-corrected chi connectivity index (χ4v) is 2.14. The van der Waals surface area contributed by atoms with E-state index < -0.39 is 0 Å². The van der Waals surface area contributed by atoms with E-state index in [-0.39, 0.29) is 17.7 Å². The molecule has 0 radical (unpaired) electrons. The number of halogens is 1. The quantitative estimate of drug-likeness (QED) is 0.696. The first-order chi connectivity index (χ1) is 7.56. The Kier molecular flexibility index (Phi) is 5.06. The number of likely N-dealkylation sites (tertiary alicyclic amines) is 1. The third kappa shape index (κ3) is 3.37.